The predicted molar refractivity (Wildman–Crippen MR) is 92.4 cm³/mol. The van der Waals surface area contributed by atoms with Crippen LogP contribution in [-0.4, -0.2) is 38.0 Å². The number of nitrogens with one attached hydrogen (secondary N) is 2. The fourth-order valence-electron chi connectivity index (χ4n) is 2.33. The first-order valence-corrected chi connectivity index (χ1v) is 9.10. The van der Waals surface area contributed by atoms with Crippen LogP contribution < -0.4 is 5.32 Å². The van der Waals surface area contributed by atoms with E-state index in [0.717, 1.165) is 16.6 Å². The van der Waals surface area contributed by atoms with Gasteiger partial charge >= 0.3 is 0 Å². The second-order valence-electron chi connectivity index (χ2n) is 5.39. The molecule has 0 spiro atoms. The molecule has 1 aliphatic carbocycles. The Hall–Kier alpha value is -1.67. The second-order valence-corrected chi connectivity index (χ2v) is 7.06. The Bertz CT molecular complexity index is 733. The van der Waals surface area contributed by atoms with Gasteiger partial charge in [0.15, 0.2) is 4.77 Å². The average molecular weight is 349 g/mol. The van der Waals surface area contributed by atoms with Crippen molar-refractivity contribution in [1.29, 1.82) is 0 Å². The summed E-state index contributed by atoms with van der Waals surface area (Å²) in [5.41, 5.74) is 0.573. The Labute approximate surface area is 144 Å². The maximum Gasteiger partial charge on any atom is 0.252 e. The van der Waals surface area contributed by atoms with Crippen molar-refractivity contribution in [2.75, 3.05) is 12.3 Å². The van der Waals surface area contributed by atoms with Crippen LogP contribution in [0.1, 0.15) is 41.9 Å². The highest BCUT2D eigenvalue weighted by Gasteiger charge is 2.28. The van der Waals surface area contributed by atoms with Crippen LogP contribution in [0.4, 0.5) is 0 Å². The molecule has 0 bridgehead atoms. The molecule has 0 atom stereocenters. The Morgan fingerprint density at radius 3 is 3.00 bits per heavy atom. The SMILES string of the molecule is CCSc1ccc(C(=O)NCCn2c(C3CC3)n[nH]c2=S)cn1. The third kappa shape index (κ3) is 4.00. The number of nitrogens with zero attached hydrogens (tertiary/aromatic N) is 3. The lowest BCUT2D eigenvalue weighted by Gasteiger charge is -2.08. The zero-order valence-electron chi connectivity index (χ0n) is 12.9. The smallest absolute Gasteiger partial charge is 0.252 e. The maximum absolute atomic E-state index is 12.1. The van der Waals surface area contributed by atoms with E-state index in [-0.39, 0.29) is 5.91 Å². The minimum Gasteiger partial charge on any atom is -0.350 e. The van der Waals surface area contributed by atoms with Gasteiger partial charge in [-0.25, -0.2) is 4.98 Å². The number of aromatic amines is 1. The van der Waals surface area contributed by atoms with E-state index in [0.29, 0.717) is 29.3 Å². The summed E-state index contributed by atoms with van der Waals surface area (Å²) >= 11 is 6.91. The zero-order valence-corrected chi connectivity index (χ0v) is 14.5. The molecule has 1 amide bonds. The molecule has 0 saturated heterocycles. The molecular weight excluding hydrogens is 330 g/mol. The van der Waals surface area contributed by atoms with E-state index in [1.165, 1.54) is 12.8 Å². The second kappa shape index (κ2) is 7.27. The molecule has 2 aromatic heterocycles. The van der Waals surface area contributed by atoms with Crippen LogP contribution in [0.25, 0.3) is 0 Å². The van der Waals surface area contributed by atoms with E-state index in [1.54, 1.807) is 24.0 Å². The molecule has 1 aliphatic rings. The minimum atomic E-state index is -0.117. The number of rotatable bonds is 7. The average Bonchev–Trinajstić information content (AvgIpc) is 3.33. The van der Waals surface area contributed by atoms with Gasteiger partial charge < -0.3 is 9.88 Å². The molecule has 1 fully saturated rings. The number of H-pyrrole nitrogens is 1. The number of thioether (sulfide) groups is 1. The third-order valence-electron chi connectivity index (χ3n) is 3.64. The first kappa shape index (κ1) is 16.2. The van der Waals surface area contributed by atoms with Crippen molar-refractivity contribution in [2.24, 2.45) is 0 Å². The normalized spacial score (nSPS) is 14.0. The van der Waals surface area contributed by atoms with Gasteiger partial charge in [0, 0.05) is 25.2 Å². The predicted octanol–water partition coefficient (Wildman–Crippen LogP) is 2.76. The summed E-state index contributed by atoms with van der Waals surface area (Å²) in [6.45, 7) is 3.21. The maximum atomic E-state index is 12.1. The van der Waals surface area contributed by atoms with Crippen molar-refractivity contribution in [1.82, 2.24) is 25.1 Å². The Morgan fingerprint density at radius 2 is 2.35 bits per heavy atom. The highest BCUT2D eigenvalue weighted by molar-refractivity contribution is 7.99. The summed E-state index contributed by atoms with van der Waals surface area (Å²) in [5, 5.41) is 11.0. The van der Waals surface area contributed by atoms with Crippen LogP contribution in [-0.2, 0) is 6.54 Å². The molecule has 1 saturated carbocycles. The van der Waals surface area contributed by atoms with Gasteiger partial charge in [0.2, 0.25) is 0 Å². The van der Waals surface area contributed by atoms with Crippen LogP contribution >= 0.6 is 24.0 Å². The van der Waals surface area contributed by atoms with E-state index >= 15 is 0 Å². The Kier molecular flexibility index (Phi) is 5.12. The van der Waals surface area contributed by atoms with Crippen LogP contribution in [0.15, 0.2) is 23.4 Å². The minimum absolute atomic E-state index is 0.117. The first-order valence-electron chi connectivity index (χ1n) is 7.71. The highest BCUT2D eigenvalue weighted by Crippen LogP contribution is 2.38. The highest BCUT2D eigenvalue weighted by atomic mass is 32.2. The van der Waals surface area contributed by atoms with Gasteiger partial charge in [-0.2, -0.15) is 5.10 Å². The fourth-order valence-corrected chi connectivity index (χ4v) is 3.15. The lowest BCUT2D eigenvalue weighted by molar-refractivity contribution is 0.0951. The van der Waals surface area contributed by atoms with Crippen molar-refractivity contribution in [2.45, 2.75) is 37.3 Å². The molecule has 0 radical (unpaired) electrons. The van der Waals surface area contributed by atoms with Gasteiger partial charge in [-0.1, -0.05) is 6.92 Å². The van der Waals surface area contributed by atoms with Crippen molar-refractivity contribution in [3.05, 3.63) is 34.5 Å². The molecule has 2 N–H and O–H groups in total. The van der Waals surface area contributed by atoms with Crippen molar-refractivity contribution >= 4 is 29.9 Å². The number of aromatic nitrogens is 4. The Morgan fingerprint density at radius 1 is 1.52 bits per heavy atom. The van der Waals surface area contributed by atoms with Crippen LogP contribution in [0.5, 0.6) is 0 Å². The number of carbonyl (C=O) groups excluding carboxylic acids is 1. The zero-order chi connectivity index (χ0) is 16.2. The van der Waals surface area contributed by atoms with Crippen molar-refractivity contribution in [3.63, 3.8) is 0 Å². The molecule has 0 aliphatic heterocycles. The van der Waals surface area contributed by atoms with E-state index < -0.39 is 0 Å². The number of carbonyl (C=O) groups is 1. The van der Waals surface area contributed by atoms with Gasteiger partial charge in [-0.05, 0) is 42.9 Å². The standard InChI is InChI=1S/C15H19N5OS2/c1-2-23-12-6-5-11(9-17-12)14(21)16-7-8-20-13(10-3-4-10)18-19-15(20)22/h5-6,9-10H,2-4,7-8H2,1H3,(H,16,21)(H,19,22). The van der Waals surface area contributed by atoms with Gasteiger partial charge in [-0.15, -0.1) is 11.8 Å². The van der Waals surface area contributed by atoms with Gasteiger partial charge in [0.25, 0.3) is 5.91 Å². The molecule has 2 heterocycles. The summed E-state index contributed by atoms with van der Waals surface area (Å²) in [6.07, 6.45) is 3.95. The molecule has 8 heteroatoms. The van der Waals surface area contributed by atoms with E-state index in [9.17, 15) is 4.79 Å². The number of pyridine rings is 1. The first-order chi connectivity index (χ1) is 11.2. The van der Waals surface area contributed by atoms with Gasteiger partial charge in [0.05, 0.1) is 10.6 Å². The third-order valence-corrected chi connectivity index (χ3v) is 4.78. The molecule has 122 valence electrons. The summed E-state index contributed by atoms with van der Waals surface area (Å²) in [5.74, 6) is 2.37. The molecule has 6 nitrogen and oxygen atoms in total. The Balaban J connectivity index is 1.55. The molecular formula is C15H19N5OS2. The molecule has 2 aromatic rings. The van der Waals surface area contributed by atoms with Crippen LogP contribution in [0.3, 0.4) is 0 Å². The van der Waals surface area contributed by atoms with E-state index in [4.69, 9.17) is 12.2 Å². The van der Waals surface area contributed by atoms with E-state index in [2.05, 4.69) is 27.4 Å². The van der Waals surface area contributed by atoms with Gasteiger partial charge in [0.1, 0.15) is 5.82 Å². The van der Waals surface area contributed by atoms with Gasteiger partial charge in [-0.3, -0.25) is 9.89 Å². The molecule has 0 unspecified atom stereocenters. The summed E-state index contributed by atoms with van der Waals surface area (Å²) in [6, 6.07) is 3.68. The monoisotopic (exact) mass is 349 g/mol. The quantitative estimate of drug-likeness (QED) is 0.594. The summed E-state index contributed by atoms with van der Waals surface area (Å²) in [7, 11) is 0. The fraction of sp³-hybridized carbons (Fsp3) is 0.467. The largest absolute Gasteiger partial charge is 0.350 e. The number of amides is 1. The topological polar surface area (TPSA) is 75.6 Å². The van der Waals surface area contributed by atoms with Crippen LogP contribution in [0.2, 0.25) is 0 Å². The molecule has 23 heavy (non-hydrogen) atoms. The molecule has 0 aromatic carbocycles. The summed E-state index contributed by atoms with van der Waals surface area (Å²) < 4.78 is 2.59. The van der Waals surface area contributed by atoms with E-state index in [1.807, 2.05) is 10.6 Å². The number of hydrogen-bond donors (Lipinski definition) is 2. The van der Waals surface area contributed by atoms with Crippen molar-refractivity contribution < 1.29 is 4.79 Å². The van der Waals surface area contributed by atoms with Crippen LogP contribution in [0, 0.1) is 4.77 Å². The molecule has 3 rings (SSSR count). The number of hydrogen-bond acceptors (Lipinski definition) is 5. The lowest BCUT2D eigenvalue weighted by atomic mass is 10.3. The summed E-state index contributed by atoms with van der Waals surface area (Å²) in [4.78, 5) is 16.4. The lowest BCUT2D eigenvalue weighted by Crippen LogP contribution is -2.27. The van der Waals surface area contributed by atoms with Crippen molar-refractivity contribution in [3.8, 4) is 0 Å².